The third kappa shape index (κ3) is 2.24. The molecule has 0 radical (unpaired) electrons. The first-order chi connectivity index (χ1) is 10.2. The van der Waals surface area contributed by atoms with Gasteiger partial charge in [-0.2, -0.15) is 4.98 Å². The molecule has 1 aliphatic heterocycles. The van der Waals surface area contributed by atoms with Crippen LogP contribution in [-0.2, 0) is 11.8 Å². The summed E-state index contributed by atoms with van der Waals surface area (Å²) in [5, 5.41) is 4.07. The number of aromatic nitrogens is 3. The summed E-state index contributed by atoms with van der Waals surface area (Å²) in [5.41, 5.74) is 0.939. The topological polar surface area (TPSA) is 64.2 Å². The summed E-state index contributed by atoms with van der Waals surface area (Å²) >= 11 is 0. The normalized spacial score (nSPS) is 22.0. The van der Waals surface area contributed by atoms with Crippen molar-refractivity contribution in [2.45, 2.75) is 25.2 Å². The van der Waals surface area contributed by atoms with Gasteiger partial charge in [0.1, 0.15) is 0 Å². The van der Waals surface area contributed by atoms with E-state index >= 15 is 0 Å². The van der Waals surface area contributed by atoms with E-state index in [-0.39, 0.29) is 11.8 Å². The second-order valence-electron chi connectivity index (χ2n) is 6.00. The maximum absolute atomic E-state index is 12.1. The number of carbonyl (C=O) groups excluding carboxylic acids is 1. The summed E-state index contributed by atoms with van der Waals surface area (Å²) in [7, 11) is 1.96. The van der Waals surface area contributed by atoms with E-state index in [1.165, 1.54) is 0 Å². The highest BCUT2D eigenvalue weighted by Crippen LogP contribution is 2.35. The molecular formula is C15H18N4O2. The predicted octanol–water partition coefficient (Wildman–Crippen LogP) is 1.80. The van der Waals surface area contributed by atoms with Crippen LogP contribution in [-0.4, -0.2) is 38.6 Å². The molecule has 1 aliphatic carbocycles. The van der Waals surface area contributed by atoms with Crippen LogP contribution in [0.3, 0.4) is 0 Å². The first-order valence-corrected chi connectivity index (χ1v) is 7.46. The lowest BCUT2D eigenvalue weighted by molar-refractivity contribution is -0.131. The number of likely N-dealkylation sites (tertiary alicyclic amines) is 1. The monoisotopic (exact) mass is 286 g/mol. The number of amides is 1. The van der Waals surface area contributed by atoms with Gasteiger partial charge in [-0.3, -0.25) is 4.79 Å². The van der Waals surface area contributed by atoms with Gasteiger partial charge in [0, 0.05) is 32.3 Å². The van der Waals surface area contributed by atoms with Crippen molar-refractivity contribution in [1.82, 2.24) is 19.6 Å². The maximum Gasteiger partial charge on any atom is 0.231 e. The predicted molar refractivity (Wildman–Crippen MR) is 75.4 cm³/mol. The van der Waals surface area contributed by atoms with Gasteiger partial charge in [-0.15, -0.1) is 0 Å². The minimum atomic E-state index is 0.175. The molecule has 0 N–H and O–H groups in total. The lowest BCUT2D eigenvalue weighted by atomic mass is 10.1. The van der Waals surface area contributed by atoms with Crippen LogP contribution >= 0.6 is 0 Å². The number of hydrogen-bond donors (Lipinski definition) is 0. The third-order valence-electron chi connectivity index (χ3n) is 4.39. The van der Waals surface area contributed by atoms with Crippen molar-refractivity contribution in [2.24, 2.45) is 13.0 Å². The molecule has 6 nitrogen and oxygen atoms in total. The zero-order valence-corrected chi connectivity index (χ0v) is 12.0. The summed E-state index contributed by atoms with van der Waals surface area (Å²) in [4.78, 5) is 18.5. The lowest BCUT2D eigenvalue weighted by Crippen LogP contribution is -2.29. The van der Waals surface area contributed by atoms with Crippen molar-refractivity contribution in [3.63, 3.8) is 0 Å². The molecule has 0 aromatic carbocycles. The standard InChI is InChI=1S/C15H18N4O2/c1-18-7-2-3-12(18)13-16-14(21-17-13)11-6-8-19(9-11)15(20)10-4-5-10/h2-3,7,10-11H,4-6,8-9H2,1H3. The fourth-order valence-corrected chi connectivity index (χ4v) is 2.95. The van der Waals surface area contributed by atoms with Crippen LogP contribution in [0.4, 0.5) is 0 Å². The van der Waals surface area contributed by atoms with Gasteiger partial charge in [0.15, 0.2) is 0 Å². The van der Waals surface area contributed by atoms with Gasteiger partial charge in [0.25, 0.3) is 0 Å². The van der Waals surface area contributed by atoms with E-state index in [0.717, 1.165) is 31.5 Å². The number of aryl methyl sites for hydroxylation is 1. The first-order valence-electron chi connectivity index (χ1n) is 7.46. The van der Waals surface area contributed by atoms with Crippen molar-refractivity contribution in [3.05, 3.63) is 24.2 Å². The molecule has 21 heavy (non-hydrogen) atoms. The van der Waals surface area contributed by atoms with Gasteiger partial charge >= 0.3 is 0 Å². The zero-order chi connectivity index (χ0) is 14.4. The van der Waals surface area contributed by atoms with Crippen molar-refractivity contribution >= 4 is 5.91 Å². The zero-order valence-electron chi connectivity index (χ0n) is 12.0. The van der Waals surface area contributed by atoms with Crippen LogP contribution < -0.4 is 0 Å². The fourth-order valence-electron chi connectivity index (χ4n) is 2.95. The first kappa shape index (κ1) is 12.6. The van der Waals surface area contributed by atoms with Crippen LogP contribution in [0.1, 0.15) is 31.1 Å². The Kier molecular flexibility index (Phi) is 2.83. The van der Waals surface area contributed by atoms with Crippen LogP contribution in [0.25, 0.3) is 11.5 Å². The van der Waals surface area contributed by atoms with Gasteiger partial charge < -0.3 is 14.0 Å². The van der Waals surface area contributed by atoms with E-state index in [4.69, 9.17) is 4.52 Å². The Morgan fingerprint density at radius 2 is 2.24 bits per heavy atom. The molecule has 0 bridgehead atoms. The highest BCUT2D eigenvalue weighted by Gasteiger charge is 2.38. The molecule has 0 spiro atoms. The number of hydrogen-bond acceptors (Lipinski definition) is 4. The van der Waals surface area contributed by atoms with E-state index in [0.29, 0.717) is 24.2 Å². The molecule has 3 heterocycles. The molecular weight excluding hydrogens is 268 g/mol. The lowest BCUT2D eigenvalue weighted by Gasteiger charge is -2.14. The van der Waals surface area contributed by atoms with E-state index in [1.54, 1.807) is 0 Å². The smallest absolute Gasteiger partial charge is 0.231 e. The second-order valence-corrected chi connectivity index (χ2v) is 6.00. The molecule has 6 heteroatoms. The Morgan fingerprint density at radius 1 is 1.38 bits per heavy atom. The Hall–Kier alpha value is -2.11. The largest absolute Gasteiger partial charge is 0.348 e. The van der Waals surface area contributed by atoms with E-state index in [9.17, 15) is 4.79 Å². The highest BCUT2D eigenvalue weighted by atomic mass is 16.5. The fraction of sp³-hybridized carbons (Fsp3) is 0.533. The minimum absolute atomic E-state index is 0.175. The summed E-state index contributed by atoms with van der Waals surface area (Å²) in [6, 6.07) is 3.92. The molecule has 110 valence electrons. The molecule has 2 aliphatic rings. The molecule has 2 aromatic heterocycles. The quantitative estimate of drug-likeness (QED) is 0.863. The van der Waals surface area contributed by atoms with E-state index in [1.807, 2.05) is 34.8 Å². The van der Waals surface area contributed by atoms with Gasteiger partial charge in [-0.1, -0.05) is 5.16 Å². The van der Waals surface area contributed by atoms with Crippen molar-refractivity contribution in [1.29, 1.82) is 0 Å². The Labute approximate surface area is 122 Å². The van der Waals surface area contributed by atoms with Crippen LogP contribution in [0.2, 0.25) is 0 Å². The number of nitrogens with zero attached hydrogens (tertiary/aromatic N) is 4. The molecule has 2 aromatic rings. The Balaban J connectivity index is 1.49. The highest BCUT2D eigenvalue weighted by molar-refractivity contribution is 5.81. The van der Waals surface area contributed by atoms with E-state index < -0.39 is 0 Å². The molecule has 1 amide bonds. The minimum Gasteiger partial charge on any atom is -0.348 e. The molecule has 4 rings (SSSR count). The molecule has 2 fully saturated rings. The summed E-state index contributed by atoms with van der Waals surface area (Å²) in [6.45, 7) is 1.52. The van der Waals surface area contributed by atoms with Crippen molar-refractivity contribution in [3.8, 4) is 11.5 Å². The Morgan fingerprint density at radius 3 is 2.95 bits per heavy atom. The van der Waals surface area contributed by atoms with Gasteiger partial charge in [-0.25, -0.2) is 0 Å². The molecule has 1 atom stereocenters. The summed E-state index contributed by atoms with van der Waals surface area (Å²) < 4.78 is 7.38. The number of rotatable bonds is 3. The van der Waals surface area contributed by atoms with E-state index in [2.05, 4.69) is 10.1 Å². The second kappa shape index (κ2) is 4.72. The molecule has 1 saturated carbocycles. The van der Waals surface area contributed by atoms with Crippen LogP contribution in [0, 0.1) is 5.92 Å². The third-order valence-corrected chi connectivity index (χ3v) is 4.39. The SMILES string of the molecule is Cn1cccc1-c1noc(C2CCN(C(=O)C3CC3)C2)n1. The van der Waals surface area contributed by atoms with Crippen molar-refractivity contribution in [2.75, 3.05) is 13.1 Å². The summed E-state index contributed by atoms with van der Waals surface area (Å²) in [5.74, 6) is 2.03. The number of carbonyl (C=O) groups is 1. The molecule has 1 saturated heterocycles. The van der Waals surface area contributed by atoms with Crippen LogP contribution in [0.5, 0.6) is 0 Å². The van der Waals surface area contributed by atoms with Gasteiger partial charge in [0.2, 0.25) is 17.6 Å². The average Bonchev–Trinajstić information content (AvgIpc) is 2.91. The average molecular weight is 286 g/mol. The van der Waals surface area contributed by atoms with Gasteiger partial charge in [-0.05, 0) is 31.4 Å². The van der Waals surface area contributed by atoms with Gasteiger partial charge in [0.05, 0.1) is 11.6 Å². The maximum atomic E-state index is 12.1. The van der Waals surface area contributed by atoms with Crippen molar-refractivity contribution < 1.29 is 9.32 Å². The summed E-state index contributed by atoms with van der Waals surface area (Å²) in [6.07, 6.45) is 4.97. The van der Waals surface area contributed by atoms with Crippen LogP contribution in [0.15, 0.2) is 22.9 Å². The molecule has 1 unspecified atom stereocenters. The Bertz CT molecular complexity index is 671.